The minimum absolute atomic E-state index is 0.139. The Hall–Kier alpha value is -6.82. The maximum Gasteiger partial charge on any atom is 0.133 e. The average Bonchev–Trinajstić information content (AvgIpc) is 3.42. The molecule has 8 heterocycles. The van der Waals surface area contributed by atoms with E-state index < -0.39 is 12.2 Å². The Morgan fingerprint density at radius 3 is 1.43 bits per heavy atom. The van der Waals surface area contributed by atoms with E-state index in [9.17, 15) is 20.4 Å². The highest BCUT2D eigenvalue weighted by Gasteiger charge is 2.56. The van der Waals surface area contributed by atoms with E-state index >= 15 is 0 Å². The van der Waals surface area contributed by atoms with Crippen LogP contribution in [0, 0.1) is 23.7 Å². The first-order valence-electron chi connectivity index (χ1n) is 25.7. The summed E-state index contributed by atoms with van der Waals surface area (Å²) in [5, 5.41) is 57.3. The van der Waals surface area contributed by atoms with Gasteiger partial charge < -0.3 is 38.9 Å². The summed E-state index contributed by atoms with van der Waals surface area (Å²) in [4.78, 5) is 9.29. The zero-order chi connectivity index (χ0) is 49.5. The second-order valence-electron chi connectivity index (χ2n) is 21.5. The van der Waals surface area contributed by atoms with Gasteiger partial charge in [-0.3, -0.25) is 9.97 Å². The first kappa shape index (κ1) is 46.3. The van der Waals surface area contributed by atoms with E-state index in [0.29, 0.717) is 56.5 Å². The number of hydrogen-bond acceptors (Lipinski definition) is 8. The number of aliphatic hydroxyl groups excluding tert-OH is 2. The maximum atomic E-state index is 13.2. The molecule has 10 heteroatoms. The van der Waals surface area contributed by atoms with Crippen LogP contribution in [0.2, 0.25) is 0 Å². The fraction of sp³-hybridized carbons (Fsp3) is 0.323. The van der Waals surface area contributed by atoms with Crippen LogP contribution >= 0.6 is 0 Å². The molecule has 2 unspecified atom stereocenters. The molecule has 4 bridgehead atoms. The summed E-state index contributed by atoms with van der Waals surface area (Å²) >= 11 is 0. The number of nitrogens with zero attached hydrogens (tertiary/aromatic N) is 4. The highest BCUT2D eigenvalue weighted by atomic mass is 16.5. The van der Waals surface area contributed by atoms with Crippen LogP contribution in [0.25, 0.3) is 54.5 Å². The van der Waals surface area contributed by atoms with Gasteiger partial charge in [0.15, 0.2) is 0 Å². The Morgan fingerprint density at radius 1 is 0.583 bits per heavy atom. The van der Waals surface area contributed by atoms with Gasteiger partial charge in [0.1, 0.15) is 60.4 Å². The summed E-state index contributed by atoms with van der Waals surface area (Å²) in [5.74, 6) is 3.01. The number of rotatable bonds is 13. The Labute approximate surface area is 420 Å². The number of phenolic OH excluding ortho intramolecular Hbond substituents is 2. The zero-order valence-electron chi connectivity index (χ0n) is 41.2. The molecule has 6 aliphatic heterocycles. The van der Waals surface area contributed by atoms with Crippen molar-refractivity contribution in [3.05, 3.63) is 169 Å². The minimum Gasteiger partial charge on any atom is -0.507 e. The molecule has 8 aromatic rings. The van der Waals surface area contributed by atoms with Gasteiger partial charge in [-0.2, -0.15) is 0 Å². The van der Waals surface area contributed by atoms with Crippen LogP contribution in [0.5, 0.6) is 23.0 Å². The fourth-order valence-corrected chi connectivity index (χ4v) is 14.5. The SMILES string of the molecule is C=C[C@H]1C[N+]2(Cc3cc4ccccc4c(-c4c(O)c(C[N+]56CC[C@@H](C[C@@H]5[C@@H](O)c5ccnc7ccc(OC)cc57)[C@@H](C=C)C6)cc5ccccc45)c3O)CC[C@H]1C[C@@H]2[C@@H](O)c1ccnc2ccc(OC)cc12. The van der Waals surface area contributed by atoms with Crippen LogP contribution in [0.15, 0.2) is 147 Å². The number of hydrogen-bond donors (Lipinski definition) is 4. The number of pyridine rings is 2. The topological polar surface area (TPSA) is 125 Å². The molecule has 4 N–H and O–H groups in total. The number of benzene rings is 6. The Morgan fingerprint density at radius 2 is 1.01 bits per heavy atom. The van der Waals surface area contributed by atoms with E-state index in [2.05, 4.69) is 59.5 Å². The van der Waals surface area contributed by atoms with Gasteiger partial charge in [0, 0.05) is 82.9 Å². The molecular formula is C62H64N4O6+2. The summed E-state index contributed by atoms with van der Waals surface area (Å²) < 4.78 is 12.4. The van der Waals surface area contributed by atoms with Crippen molar-refractivity contribution in [2.24, 2.45) is 23.7 Å². The van der Waals surface area contributed by atoms with Crippen LogP contribution in [-0.2, 0) is 13.1 Å². The third-order valence-electron chi connectivity index (χ3n) is 18.1. The predicted molar refractivity (Wildman–Crippen MR) is 285 cm³/mol. The average molecular weight is 961 g/mol. The van der Waals surface area contributed by atoms with Crippen molar-refractivity contribution >= 4 is 43.4 Å². The molecule has 0 aliphatic carbocycles. The molecule has 6 saturated heterocycles. The molecule has 14 rings (SSSR count). The van der Waals surface area contributed by atoms with Crippen molar-refractivity contribution in [1.29, 1.82) is 0 Å². The molecule has 10 nitrogen and oxygen atoms in total. The van der Waals surface area contributed by atoms with Crippen molar-refractivity contribution in [2.75, 3.05) is 40.4 Å². The number of fused-ring (bicyclic) bond motifs is 10. The number of methoxy groups -OCH3 is 2. The van der Waals surface area contributed by atoms with Gasteiger partial charge in [-0.25, -0.2) is 0 Å². The molecule has 6 fully saturated rings. The van der Waals surface area contributed by atoms with Crippen LogP contribution in [-0.4, -0.2) is 91.8 Å². The van der Waals surface area contributed by atoms with Gasteiger partial charge in [-0.15, -0.1) is 13.2 Å². The number of aliphatic hydroxyl groups is 2. The van der Waals surface area contributed by atoms with Gasteiger partial charge in [0.05, 0.1) is 51.4 Å². The number of aromatic hydroxyl groups is 2. The Balaban J connectivity index is 0.987. The monoisotopic (exact) mass is 960 g/mol. The lowest BCUT2D eigenvalue weighted by Gasteiger charge is -2.58. The summed E-state index contributed by atoms with van der Waals surface area (Å²) in [7, 11) is 3.31. The second kappa shape index (κ2) is 18.0. The summed E-state index contributed by atoms with van der Waals surface area (Å²) in [6, 6.07) is 35.8. The minimum atomic E-state index is -0.807. The van der Waals surface area contributed by atoms with E-state index in [1.807, 2.05) is 84.9 Å². The highest BCUT2D eigenvalue weighted by Crippen LogP contribution is 2.54. The van der Waals surface area contributed by atoms with Crippen LogP contribution in [0.4, 0.5) is 0 Å². The highest BCUT2D eigenvalue weighted by molar-refractivity contribution is 6.10. The Kier molecular flexibility index (Phi) is 11.6. The van der Waals surface area contributed by atoms with E-state index in [-0.39, 0.29) is 35.4 Å². The lowest BCUT2D eigenvalue weighted by atomic mass is 9.71. The largest absolute Gasteiger partial charge is 0.507 e. The summed E-state index contributed by atoms with van der Waals surface area (Å²) in [6.07, 6.45) is 9.77. The van der Waals surface area contributed by atoms with E-state index in [1.165, 1.54) is 0 Å². The first-order valence-corrected chi connectivity index (χ1v) is 25.7. The van der Waals surface area contributed by atoms with E-state index in [0.717, 1.165) is 117 Å². The molecule has 366 valence electrons. The third kappa shape index (κ3) is 7.44. The van der Waals surface area contributed by atoms with E-state index in [1.54, 1.807) is 26.6 Å². The molecular weight excluding hydrogens is 897 g/mol. The zero-order valence-corrected chi connectivity index (χ0v) is 41.2. The van der Waals surface area contributed by atoms with Crippen LogP contribution in [0.1, 0.15) is 60.1 Å². The molecule has 10 atom stereocenters. The molecule has 0 saturated carbocycles. The fourth-order valence-electron chi connectivity index (χ4n) is 14.5. The van der Waals surface area contributed by atoms with Crippen molar-refractivity contribution < 1.29 is 38.9 Å². The van der Waals surface area contributed by atoms with Crippen LogP contribution < -0.4 is 9.47 Å². The van der Waals surface area contributed by atoms with E-state index in [4.69, 9.17) is 9.47 Å². The summed E-state index contributed by atoms with van der Waals surface area (Å²) in [5.41, 5.74) is 6.01. The molecule has 0 radical (unpaired) electrons. The molecule has 6 aromatic carbocycles. The Bertz CT molecular complexity index is 3220. The lowest BCUT2D eigenvalue weighted by Crippen LogP contribution is -2.67. The molecule has 72 heavy (non-hydrogen) atoms. The van der Waals surface area contributed by atoms with Crippen molar-refractivity contribution in [3.8, 4) is 34.1 Å². The van der Waals surface area contributed by atoms with Gasteiger partial charge in [0.25, 0.3) is 0 Å². The lowest BCUT2D eigenvalue weighted by molar-refractivity contribution is -0.985. The molecule has 6 aliphatic rings. The number of phenols is 2. The van der Waals surface area contributed by atoms with Crippen molar-refractivity contribution in [3.63, 3.8) is 0 Å². The predicted octanol–water partition coefficient (Wildman–Crippen LogP) is 11.5. The van der Waals surface area contributed by atoms with Gasteiger partial charge in [-0.1, -0.05) is 60.7 Å². The van der Waals surface area contributed by atoms with Gasteiger partial charge in [0.2, 0.25) is 0 Å². The number of piperidine rings is 6. The van der Waals surface area contributed by atoms with Gasteiger partial charge >= 0.3 is 0 Å². The number of quaternary nitrogens is 2. The second-order valence-corrected chi connectivity index (χ2v) is 21.5. The number of ether oxygens (including phenoxy) is 2. The van der Waals surface area contributed by atoms with Gasteiger partial charge in [-0.05, 0) is 105 Å². The molecule has 0 spiro atoms. The maximum absolute atomic E-state index is 13.2. The quantitative estimate of drug-likeness (QED) is 0.0665. The third-order valence-corrected chi connectivity index (χ3v) is 18.1. The summed E-state index contributed by atoms with van der Waals surface area (Å²) in [6.45, 7) is 12.8. The van der Waals surface area contributed by atoms with Crippen LogP contribution in [0.3, 0.4) is 0 Å². The first-order chi connectivity index (χ1) is 35.1. The normalized spacial score (nSPS) is 26.5. The van der Waals surface area contributed by atoms with Crippen molar-refractivity contribution in [2.45, 2.75) is 63.1 Å². The standard InChI is InChI=1S/C62H62N4O6/c1-5-37-33-65(25-21-39(37)29-55(65)61(69)49-19-23-63-53-17-15-45(71-3)31-51(49)53)35-43-27-41-11-7-9-13-47(41)57(59(43)67)58-48-14-10-8-12-42(48)28-44(60(58)68)36-66-26-22-40(38(6-2)34-66)30-56(66)62(70)50-20-24-64-54-18-16-46(72-4)32-52(50)54/h5-20,23-24,27-28,31-32,37-40,55-56,61-62,69-70H,1-2,21-22,25-26,29-30,33-36H2,3-4H3/p+2/t37-,38-,39-,40-,55+,56+,61-,62-,65?,66?/m0/s1. The number of aromatic nitrogens is 2. The molecule has 2 aromatic heterocycles. The van der Waals surface area contributed by atoms with Crippen molar-refractivity contribution in [1.82, 2.24) is 9.97 Å². The molecule has 0 amide bonds. The smallest absolute Gasteiger partial charge is 0.133 e.